The number of nitrogens with one attached hydrogen (secondary N) is 2. The topological polar surface area (TPSA) is 62.8 Å². The van der Waals surface area contributed by atoms with Crippen LogP contribution in [0.2, 0.25) is 5.02 Å². The molecule has 0 aliphatic heterocycles. The summed E-state index contributed by atoms with van der Waals surface area (Å²) in [6.45, 7) is 5.56. The molecule has 0 atom stereocenters. The average Bonchev–Trinajstić information content (AvgIpc) is 2.65. The predicted octanol–water partition coefficient (Wildman–Crippen LogP) is 3.89. The molecule has 0 heterocycles. The zero-order valence-electron chi connectivity index (χ0n) is 15.7. The summed E-state index contributed by atoms with van der Waals surface area (Å²) >= 11 is 9.62. The van der Waals surface area contributed by atoms with E-state index in [2.05, 4.69) is 26.6 Å². The van der Waals surface area contributed by atoms with E-state index in [1.807, 2.05) is 19.1 Å². The van der Waals surface area contributed by atoms with Crippen molar-refractivity contribution in [3.8, 4) is 11.5 Å². The molecule has 2 aromatic carbocycles. The smallest absolute Gasteiger partial charge is 0.175 e. The zero-order valence-corrected chi connectivity index (χ0v) is 18.1. The Morgan fingerprint density at radius 1 is 1.11 bits per heavy atom. The van der Waals surface area contributed by atoms with E-state index in [1.165, 1.54) is 12.1 Å². The van der Waals surface area contributed by atoms with Gasteiger partial charge in [-0.05, 0) is 52.7 Å². The predicted molar refractivity (Wildman–Crippen MR) is 113 cm³/mol. The van der Waals surface area contributed by atoms with Crippen LogP contribution in [0.4, 0.5) is 4.39 Å². The molecule has 8 heteroatoms. The molecule has 0 spiro atoms. The number of ether oxygens (including phenoxy) is 2. The molecule has 0 unspecified atom stereocenters. The highest BCUT2D eigenvalue weighted by atomic mass is 79.9. The molecule has 0 aromatic heterocycles. The molecule has 0 saturated heterocycles. The number of hydrogen-bond donors (Lipinski definition) is 3. The minimum absolute atomic E-state index is 0.134. The molecule has 0 fully saturated rings. The minimum Gasteiger partial charge on any atom is -0.490 e. The quantitative estimate of drug-likeness (QED) is 0.407. The Kier molecular flexibility index (Phi) is 10.0. The van der Waals surface area contributed by atoms with Gasteiger partial charge in [-0.15, -0.1) is 0 Å². The Morgan fingerprint density at radius 2 is 1.89 bits per heavy atom. The highest BCUT2D eigenvalue weighted by Crippen LogP contribution is 2.37. The van der Waals surface area contributed by atoms with Crippen molar-refractivity contribution >= 4 is 27.5 Å². The first kappa shape index (κ1) is 22.9. The van der Waals surface area contributed by atoms with Gasteiger partial charge in [-0.1, -0.05) is 17.7 Å². The highest BCUT2D eigenvalue weighted by molar-refractivity contribution is 9.10. The minimum atomic E-state index is -0.381. The second-order valence-electron chi connectivity index (χ2n) is 6.01. The summed E-state index contributed by atoms with van der Waals surface area (Å²) in [4.78, 5) is 0. The number of hydrogen-bond acceptors (Lipinski definition) is 5. The SMILES string of the molecule is CCOc1cc(CNCCNCCO)cc(Br)c1OCc1ccc(F)cc1Cl. The number of halogens is 3. The van der Waals surface area contributed by atoms with Crippen molar-refractivity contribution in [2.45, 2.75) is 20.1 Å². The molecule has 5 nitrogen and oxygen atoms in total. The largest absolute Gasteiger partial charge is 0.490 e. The van der Waals surface area contributed by atoms with Gasteiger partial charge in [0.25, 0.3) is 0 Å². The summed E-state index contributed by atoms with van der Waals surface area (Å²) in [5.41, 5.74) is 1.74. The first-order chi connectivity index (χ1) is 13.5. The summed E-state index contributed by atoms with van der Waals surface area (Å²) in [5, 5.41) is 15.5. The lowest BCUT2D eigenvalue weighted by atomic mass is 10.2. The van der Waals surface area contributed by atoms with Crippen LogP contribution in [0.25, 0.3) is 0 Å². The average molecular weight is 476 g/mol. The molecule has 0 saturated carbocycles. The van der Waals surface area contributed by atoms with Crippen molar-refractivity contribution in [2.75, 3.05) is 32.8 Å². The molecular weight excluding hydrogens is 451 g/mol. The molecule has 0 aliphatic carbocycles. The van der Waals surface area contributed by atoms with Crippen molar-refractivity contribution in [1.29, 1.82) is 0 Å². The van der Waals surface area contributed by atoms with E-state index in [0.29, 0.717) is 41.8 Å². The highest BCUT2D eigenvalue weighted by Gasteiger charge is 2.13. The van der Waals surface area contributed by atoms with E-state index < -0.39 is 0 Å². The molecule has 0 bridgehead atoms. The summed E-state index contributed by atoms with van der Waals surface area (Å²) in [6.07, 6.45) is 0. The normalized spacial score (nSPS) is 10.9. The molecule has 2 aromatic rings. The molecule has 0 radical (unpaired) electrons. The van der Waals surface area contributed by atoms with E-state index >= 15 is 0 Å². The van der Waals surface area contributed by atoms with Crippen LogP contribution in [-0.4, -0.2) is 38.0 Å². The van der Waals surface area contributed by atoms with Crippen LogP contribution in [-0.2, 0) is 13.2 Å². The number of aliphatic hydroxyl groups is 1. The standard InChI is InChI=1S/C20H25BrClFN2O3/c1-2-27-19-10-14(12-25-6-5-24-7-8-26)9-17(21)20(19)28-13-15-3-4-16(23)11-18(15)22/h3-4,9-11,24-26H,2,5-8,12-13H2,1H3. The van der Waals surface area contributed by atoms with Crippen LogP contribution in [0.3, 0.4) is 0 Å². The lowest BCUT2D eigenvalue weighted by molar-refractivity contribution is 0.267. The van der Waals surface area contributed by atoms with Gasteiger partial charge in [0.2, 0.25) is 0 Å². The Bertz CT molecular complexity index is 764. The van der Waals surface area contributed by atoms with Crippen molar-refractivity contribution in [3.63, 3.8) is 0 Å². The molecule has 2 rings (SSSR count). The Hall–Kier alpha value is -1.38. The van der Waals surface area contributed by atoms with Gasteiger partial charge in [0, 0.05) is 31.7 Å². The van der Waals surface area contributed by atoms with Crippen LogP contribution >= 0.6 is 27.5 Å². The fourth-order valence-electron chi connectivity index (χ4n) is 2.53. The maximum Gasteiger partial charge on any atom is 0.175 e. The number of rotatable bonds is 12. The van der Waals surface area contributed by atoms with Crippen molar-refractivity contribution in [1.82, 2.24) is 10.6 Å². The van der Waals surface area contributed by atoms with E-state index in [0.717, 1.165) is 23.1 Å². The third-order valence-electron chi connectivity index (χ3n) is 3.85. The molecule has 28 heavy (non-hydrogen) atoms. The monoisotopic (exact) mass is 474 g/mol. The van der Waals surface area contributed by atoms with Gasteiger partial charge >= 0.3 is 0 Å². The van der Waals surface area contributed by atoms with Gasteiger partial charge < -0.3 is 25.2 Å². The fourth-order valence-corrected chi connectivity index (χ4v) is 3.35. The van der Waals surface area contributed by atoms with Crippen molar-refractivity contribution in [2.24, 2.45) is 0 Å². The maximum absolute atomic E-state index is 13.2. The Labute approximate surface area is 178 Å². The van der Waals surface area contributed by atoms with Gasteiger partial charge in [0.05, 0.1) is 22.7 Å². The van der Waals surface area contributed by atoms with Gasteiger partial charge in [0.1, 0.15) is 12.4 Å². The van der Waals surface area contributed by atoms with Gasteiger partial charge in [0.15, 0.2) is 11.5 Å². The van der Waals surface area contributed by atoms with E-state index in [-0.39, 0.29) is 19.0 Å². The third-order valence-corrected chi connectivity index (χ3v) is 4.79. The molecular formula is C20H25BrClFN2O3. The zero-order chi connectivity index (χ0) is 20.4. The van der Waals surface area contributed by atoms with Crippen molar-refractivity contribution in [3.05, 3.63) is 56.8 Å². The lowest BCUT2D eigenvalue weighted by Gasteiger charge is -2.16. The van der Waals surface area contributed by atoms with Gasteiger partial charge in [-0.3, -0.25) is 0 Å². The van der Waals surface area contributed by atoms with Crippen molar-refractivity contribution < 1.29 is 19.0 Å². The van der Waals surface area contributed by atoms with Gasteiger partial charge in [-0.25, -0.2) is 4.39 Å². The van der Waals surface area contributed by atoms with Crippen LogP contribution in [0.1, 0.15) is 18.1 Å². The summed E-state index contributed by atoms with van der Waals surface area (Å²) < 4.78 is 25.6. The Morgan fingerprint density at radius 3 is 2.61 bits per heavy atom. The number of aliphatic hydroxyl groups excluding tert-OH is 1. The Balaban J connectivity index is 2.02. The van der Waals surface area contributed by atoms with Crippen LogP contribution in [0, 0.1) is 5.82 Å². The second kappa shape index (κ2) is 12.2. The second-order valence-corrected chi connectivity index (χ2v) is 7.27. The number of benzene rings is 2. The summed E-state index contributed by atoms with van der Waals surface area (Å²) in [7, 11) is 0. The molecule has 3 N–H and O–H groups in total. The van der Waals surface area contributed by atoms with E-state index in [1.54, 1.807) is 6.07 Å². The third kappa shape index (κ3) is 7.22. The van der Waals surface area contributed by atoms with Crippen LogP contribution < -0.4 is 20.1 Å². The van der Waals surface area contributed by atoms with Gasteiger partial charge in [-0.2, -0.15) is 0 Å². The van der Waals surface area contributed by atoms with E-state index in [4.69, 9.17) is 26.2 Å². The summed E-state index contributed by atoms with van der Waals surface area (Å²) in [5.74, 6) is 0.828. The first-order valence-corrected chi connectivity index (χ1v) is 10.3. The molecule has 0 aliphatic rings. The lowest BCUT2D eigenvalue weighted by Crippen LogP contribution is -2.28. The van der Waals surface area contributed by atoms with Crippen LogP contribution in [0.15, 0.2) is 34.8 Å². The molecule has 0 amide bonds. The summed E-state index contributed by atoms with van der Waals surface area (Å²) in [6, 6.07) is 8.13. The maximum atomic E-state index is 13.2. The first-order valence-electron chi connectivity index (χ1n) is 9.09. The van der Waals surface area contributed by atoms with E-state index in [9.17, 15) is 4.39 Å². The molecule has 154 valence electrons. The fraction of sp³-hybridized carbons (Fsp3) is 0.400. The van der Waals surface area contributed by atoms with Crippen LogP contribution in [0.5, 0.6) is 11.5 Å².